The first kappa shape index (κ1) is 15.4. The summed E-state index contributed by atoms with van der Waals surface area (Å²) in [6, 6.07) is 9.32. The van der Waals surface area contributed by atoms with Crippen molar-refractivity contribution in [3.63, 3.8) is 0 Å². The molecule has 0 spiro atoms. The molecule has 0 bridgehead atoms. The minimum Gasteiger partial charge on any atom is -0.458 e. The number of unbranched alkanes of at least 4 members (excludes halogenated alkanes) is 1. The lowest BCUT2D eigenvalue weighted by molar-refractivity contribution is 0.0229. The third kappa shape index (κ3) is 4.55. The minimum absolute atomic E-state index is 0.0957. The van der Waals surface area contributed by atoms with Crippen LogP contribution in [0.3, 0.4) is 0 Å². The molecule has 0 N–H and O–H groups in total. The smallest absolute Gasteiger partial charge is 0.338 e. The molecule has 0 heterocycles. The minimum atomic E-state index is -0.168. The molecule has 1 aliphatic carbocycles. The van der Waals surface area contributed by atoms with Crippen molar-refractivity contribution >= 4 is 17.7 Å². The summed E-state index contributed by atoms with van der Waals surface area (Å²) in [6.45, 7) is 2.22. The molecule has 0 saturated heterocycles. The molecule has 0 amide bonds. The maximum absolute atomic E-state index is 12.2. The van der Waals surface area contributed by atoms with Crippen molar-refractivity contribution in [2.24, 2.45) is 0 Å². The fourth-order valence-electron chi connectivity index (χ4n) is 2.55. The van der Waals surface area contributed by atoms with Crippen molar-refractivity contribution in [3.8, 4) is 0 Å². The molecule has 0 aliphatic heterocycles. The second-order valence-electron chi connectivity index (χ2n) is 5.36. The number of benzene rings is 1. The average molecular weight is 292 g/mol. The summed E-state index contributed by atoms with van der Waals surface area (Å²) in [5.41, 5.74) is 0.662. The predicted molar refractivity (Wildman–Crippen MR) is 85.3 cm³/mol. The van der Waals surface area contributed by atoms with Gasteiger partial charge in [0.25, 0.3) is 0 Å². The predicted octanol–water partition coefficient (Wildman–Crippen LogP) is 4.69. The van der Waals surface area contributed by atoms with Crippen molar-refractivity contribution in [3.05, 3.63) is 35.9 Å². The number of rotatable bonds is 6. The second kappa shape index (κ2) is 8.35. The molecule has 1 saturated carbocycles. The number of thioether (sulfide) groups is 1. The molecule has 2 atom stereocenters. The van der Waals surface area contributed by atoms with Crippen LogP contribution in [0.1, 0.15) is 55.8 Å². The molecule has 110 valence electrons. The van der Waals surface area contributed by atoms with Gasteiger partial charge < -0.3 is 4.74 Å². The van der Waals surface area contributed by atoms with Crippen LogP contribution in [0.2, 0.25) is 0 Å². The Morgan fingerprint density at radius 1 is 1.25 bits per heavy atom. The first-order chi connectivity index (χ1) is 9.81. The maximum Gasteiger partial charge on any atom is 0.338 e. The highest BCUT2D eigenvalue weighted by Gasteiger charge is 2.28. The molecule has 2 nitrogen and oxygen atoms in total. The van der Waals surface area contributed by atoms with Gasteiger partial charge in [-0.2, -0.15) is 11.8 Å². The van der Waals surface area contributed by atoms with Crippen molar-refractivity contribution in [2.75, 3.05) is 5.75 Å². The summed E-state index contributed by atoms with van der Waals surface area (Å²) in [5.74, 6) is 1.01. The van der Waals surface area contributed by atoms with Crippen molar-refractivity contribution in [2.45, 2.75) is 56.8 Å². The largest absolute Gasteiger partial charge is 0.458 e. The van der Waals surface area contributed by atoms with E-state index in [2.05, 4.69) is 6.92 Å². The molecule has 3 heteroatoms. The van der Waals surface area contributed by atoms with Crippen LogP contribution in [0, 0.1) is 0 Å². The van der Waals surface area contributed by atoms with Crippen LogP contribution in [-0.4, -0.2) is 23.1 Å². The Bertz CT molecular complexity index is 405. The number of hydrogen-bond donors (Lipinski definition) is 0. The first-order valence-corrected chi connectivity index (χ1v) is 8.73. The average Bonchev–Trinajstić information content (AvgIpc) is 2.50. The van der Waals surface area contributed by atoms with E-state index in [-0.39, 0.29) is 12.1 Å². The Hall–Kier alpha value is -0.960. The molecule has 0 unspecified atom stereocenters. The first-order valence-electron chi connectivity index (χ1n) is 7.69. The van der Waals surface area contributed by atoms with Crippen LogP contribution < -0.4 is 0 Å². The summed E-state index contributed by atoms with van der Waals surface area (Å²) in [4.78, 5) is 12.2. The van der Waals surface area contributed by atoms with Gasteiger partial charge in [0.2, 0.25) is 0 Å². The van der Waals surface area contributed by atoms with E-state index < -0.39 is 0 Å². The Morgan fingerprint density at radius 3 is 2.75 bits per heavy atom. The van der Waals surface area contributed by atoms with Gasteiger partial charge in [0.05, 0.1) is 5.56 Å². The lowest BCUT2D eigenvalue weighted by Crippen LogP contribution is -2.32. The van der Waals surface area contributed by atoms with E-state index in [1.165, 1.54) is 37.9 Å². The zero-order valence-corrected chi connectivity index (χ0v) is 13.0. The molecule has 1 aromatic carbocycles. The molecular formula is C17H24O2S. The third-order valence-electron chi connectivity index (χ3n) is 3.74. The highest BCUT2D eigenvalue weighted by atomic mass is 32.2. The van der Waals surface area contributed by atoms with Gasteiger partial charge in [-0.3, -0.25) is 0 Å². The van der Waals surface area contributed by atoms with Crippen LogP contribution in [0.15, 0.2) is 30.3 Å². The summed E-state index contributed by atoms with van der Waals surface area (Å²) in [6.07, 6.45) is 7.22. The summed E-state index contributed by atoms with van der Waals surface area (Å²) in [5, 5.41) is 0.489. The van der Waals surface area contributed by atoms with Gasteiger partial charge in [-0.1, -0.05) is 38.0 Å². The highest BCUT2D eigenvalue weighted by Crippen LogP contribution is 2.31. The lowest BCUT2D eigenvalue weighted by Gasteiger charge is -2.30. The van der Waals surface area contributed by atoms with Crippen LogP contribution >= 0.6 is 11.8 Å². The van der Waals surface area contributed by atoms with E-state index in [0.29, 0.717) is 10.8 Å². The second-order valence-corrected chi connectivity index (χ2v) is 6.70. The van der Waals surface area contributed by atoms with Crippen molar-refractivity contribution < 1.29 is 9.53 Å². The normalized spacial score (nSPS) is 22.4. The van der Waals surface area contributed by atoms with Gasteiger partial charge in [-0.25, -0.2) is 4.79 Å². The zero-order valence-electron chi connectivity index (χ0n) is 12.2. The van der Waals surface area contributed by atoms with Crippen molar-refractivity contribution in [1.82, 2.24) is 0 Å². The van der Waals surface area contributed by atoms with Gasteiger partial charge in [0.15, 0.2) is 0 Å². The Balaban J connectivity index is 1.89. The number of carbonyl (C=O) groups is 1. The molecule has 0 aromatic heterocycles. The number of carbonyl (C=O) groups excluding carboxylic acids is 1. The third-order valence-corrected chi connectivity index (χ3v) is 5.23. The van der Waals surface area contributed by atoms with E-state index in [4.69, 9.17) is 4.74 Å². The standard InChI is InChI=1S/C17H24O2S/c1-2-3-13-20-16-12-8-7-11-15(16)19-17(18)14-9-5-4-6-10-14/h4-6,9-10,15-16H,2-3,7-8,11-13H2,1H3/t15-,16-/m0/s1. The summed E-state index contributed by atoms with van der Waals surface area (Å²) < 4.78 is 5.76. The Morgan fingerprint density at radius 2 is 2.00 bits per heavy atom. The van der Waals surface area contributed by atoms with Gasteiger partial charge in [-0.05, 0) is 43.6 Å². The SMILES string of the molecule is CCCCS[C@H]1CCCC[C@@H]1OC(=O)c1ccccc1. The molecule has 1 fully saturated rings. The summed E-state index contributed by atoms with van der Waals surface area (Å²) >= 11 is 1.99. The van der Waals surface area contributed by atoms with Crippen LogP contribution in [0.25, 0.3) is 0 Å². The Labute approximate surface area is 126 Å². The number of ether oxygens (including phenoxy) is 1. The summed E-state index contributed by atoms with van der Waals surface area (Å²) in [7, 11) is 0. The molecule has 1 aromatic rings. The number of esters is 1. The molecule has 2 rings (SSSR count). The van der Waals surface area contributed by atoms with E-state index in [0.717, 1.165) is 6.42 Å². The maximum atomic E-state index is 12.2. The lowest BCUT2D eigenvalue weighted by atomic mass is 9.97. The molecule has 20 heavy (non-hydrogen) atoms. The van der Waals surface area contributed by atoms with E-state index in [1.807, 2.05) is 42.1 Å². The van der Waals surface area contributed by atoms with Gasteiger partial charge in [0.1, 0.15) is 6.10 Å². The highest BCUT2D eigenvalue weighted by molar-refractivity contribution is 7.99. The topological polar surface area (TPSA) is 26.3 Å². The van der Waals surface area contributed by atoms with Crippen molar-refractivity contribution in [1.29, 1.82) is 0 Å². The molecular weight excluding hydrogens is 268 g/mol. The molecule has 0 radical (unpaired) electrons. The van der Waals surface area contributed by atoms with Gasteiger partial charge >= 0.3 is 5.97 Å². The van der Waals surface area contributed by atoms with E-state index >= 15 is 0 Å². The van der Waals surface area contributed by atoms with E-state index in [1.54, 1.807) is 0 Å². The quantitative estimate of drug-likeness (QED) is 0.562. The fourth-order valence-corrected chi connectivity index (χ4v) is 4.04. The van der Waals surface area contributed by atoms with E-state index in [9.17, 15) is 4.79 Å². The van der Waals surface area contributed by atoms with Crippen LogP contribution in [0.5, 0.6) is 0 Å². The van der Waals surface area contributed by atoms with Crippen LogP contribution in [0.4, 0.5) is 0 Å². The molecule has 1 aliphatic rings. The zero-order chi connectivity index (χ0) is 14.2. The van der Waals surface area contributed by atoms with Gasteiger partial charge in [0, 0.05) is 5.25 Å². The number of hydrogen-bond acceptors (Lipinski definition) is 3. The van der Waals surface area contributed by atoms with Crippen LogP contribution in [-0.2, 0) is 4.74 Å². The fraction of sp³-hybridized carbons (Fsp3) is 0.588. The Kier molecular flexibility index (Phi) is 6.44. The van der Waals surface area contributed by atoms with Gasteiger partial charge in [-0.15, -0.1) is 0 Å². The monoisotopic (exact) mass is 292 g/mol.